The van der Waals surface area contributed by atoms with E-state index in [1.54, 1.807) is 0 Å². The molecule has 3 unspecified atom stereocenters. The maximum atomic E-state index is 5.87. The van der Waals surface area contributed by atoms with Gasteiger partial charge in [0.1, 0.15) is 6.23 Å². The van der Waals surface area contributed by atoms with Crippen molar-refractivity contribution in [2.24, 2.45) is 0 Å². The molecule has 1 aliphatic rings. The van der Waals surface area contributed by atoms with Gasteiger partial charge in [-0.1, -0.05) is 13.3 Å². The summed E-state index contributed by atoms with van der Waals surface area (Å²) < 4.78 is 11.6. The Morgan fingerprint density at radius 2 is 1.62 bits per heavy atom. The van der Waals surface area contributed by atoms with Gasteiger partial charge in [-0.25, -0.2) is 0 Å². The van der Waals surface area contributed by atoms with E-state index < -0.39 is 0 Å². The van der Waals surface area contributed by atoms with Gasteiger partial charge < -0.3 is 9.47 Å². The van der Waals surface area contributed by atoms with Gasteiger partial charge in [-0.15, -0.1) is 0 Å². The van der Waals surface area contributed by atoms with Crippen LogP contribution in [0.3, 0.4) is 0 Å². The fraction of sp³-hybridized carbons (Fsp3) is 1.00. The third-order valence-electron chi connectivity index (χ3n) is 3.29. The van der Waals surface area contributed by atoms with E-state index in [1.165, 1.54) is 19.3 Å². The van der Waals surface area contributed by atoms with Gasteiger partial charge in [0.05, 0.1) is 6.10 Å². The monoisotopic (exact) mass is 229 g/mol. The summed E-state index contributed by atoms with van der Waals surface area (Å²) in [7, 11) is 0. The Morgan fingerprint density at radius 3 is 2.19 bits per heavy atom. The van der Waals surface area contributed by atoms with Gasteiger partial charge >= 0.3 is 0 Å². The van der Waals surface area contributed by atoms with Gasteiger partial charge in [0.15, 0.2) is 6.29 Å². The van der Waals surface area contributed by atoms with Crippen LogP contribution in [-0.2, 0) is 9.47 Å². The molecular formula is C13H27NO2. The third kappa shape index (κ3) is 4.81. The normalized spacial score (nSPS) is 24.0. The highest BCUT2D eigenvalue weighted by atomic mass is 16.7. The van der Waals surface area contributed by atoms with E-state index in [1.807, 2.05) is 6.92 Å². The van der Waals surface area contributed by atoms with E-state index >= 15 is 0 Å². The lowest BCUT2D eigenvalue weighted by Crippen LogP contribution is -2.41. The summed E-state index contributed by atoms with van der Waals surface area (Å²) in [5, 5.41) is 0. The molecule has 0 aliphatic carbocycles. The van der Waals surface area contributed by atoms with Crippen LogP contribution in [0.15, 0.2) is 0 Å². The highest BCUT2D eigenvalue weighted by Crippen LogP contribution is 2.15. The van der Waals surface area contributed by atoms with Crippen LogP contribution in [0.1, 0.15) is 53.4 Å². The molecule has 1 rings (SSSR count). The SMILES string of the molecule is CCC(C)OC(C)OC(C)N1CCCCC1. The second kappa shape index (κ2) is 7.25. The van der Waals surface area contributed by atoms with E-state index in [2.05, 4.69) is 25.7 Å². The molecule has 0 saturated carbocycles. The topological polar surface area (TPSA) is 21.7 Å². The molecule has 0 radical (unpaired) electrons. The quantitative estimate of drug-likeness (QED) is 0.654. The van der Waals surface area contributed by atoms with Gasteiger partial charge in [-0.2, -0.15) is 0 Å². The smallest absolute Gasteiger partial charge is 0.157 e. The standard InChI is InChI=1S/C13H27NO2/c1-5-11(2)15-13(4)16-12(3)14-9-7-6-8-10-14/h11-13H,5-10H2,1-4H3. The van der Waals surface area contributed by atoms with Crippen LogP contribution in [0.2, 0.25) is 0 Å². The van der Waals surface area contributed by atoms with Crippen molar-refractivity contribution >= 4 is 0 Å². The molecule has 1 heterocycles. The first-order chi connectivity index (χ1) is 7.63. The third-order valence-corrected chi connectivity index (χ3v) is 3.29. The summed E-state index contributed by atoms with van der Waals surface area (Å²) in [5.41, 5.74) is 0. The van der Waals surface area contributed by atoms with Crippen molar-refractivity contribution < 1.29 is 9.47 Å². The summed E-state index contributed by atoms with van der Waals surface area (Å²) >= 11 is 0. The van der Waals surface area contributed by atoms with Crippen molar-refractivity contribution in [3.8, 4) is 0 Å². The molecule has 3 heteroatoms. The number of rotatable bonds is 6. The molecule has 16 heavy (non-hydrogen) atoms. The lowest BCUT2D eigenvalue weighted by atomic mass is 10.1. The first-order valence-electron chi connectivity index (χ1n) is 6.68. The molecule has 3 atom stereocenters. The average Bonchev–Trinajstić information content (AvgIpc) is 2.29. The predicted molar refractivity (Wildman–Crippen MR) is 66.3 cm³/mol. The molecule has 1 saturated heterocycles. The van der Waals surface area contributed by atoms with Crippen molar-refractivity contribution in [3.63, 3.8) is 0 Å². The number of likely N-dealkylation sites (tertiary alicyclic amines) is 1. The number of nitrogens with zero attached hydrogens (tertiary/aromatic N) is 1. The second-order valence-electron chi connectivity index (χ2n) is 4.75. The van der Waals surface area contributed by atoms with Crippen LogP contribution < -0.4 is 0 Å². The summed E-state index contributed by atoms with van der Waals surface area (Å²) in [6.07, 6.45) is 5.35. The Balaban J connectivity index is 2.23. The van der Waals surface area contributed by atoms with Gasteiger partial charge in [-0.3, -0.25) is 4.90 Å². The molecule has 0 spiro atoms. The van der Waals surface area contributed by atoms with Gasteiger partial charge in [0, 0.05) is 13.1 Å². The predicted octanol–water partition coefficient (Wildman–Crippen LogP) is 3.00. The Kier molecular flexibility index (Phi) is 6.32. The zero-order chi connectivity index (χ0) is 12.0. The van der Waals surface area contributed by atoms with Crippen molar-refractivity contribution in [3.05, 3.63) is 0 Å². The van der Waals surface area contributed by atoms with Gasteiger partial charge in [0.2, 0.25) is 0 Å². The zero-order valence-corrected chi connectivity index (χ0v) is 11.2. The Labute approximate surface area is 100 Å². The first-order valence-corrected chi connectivity index (χ1v) is 6.68. The molecule has 3 nitrogen and oxygen atoms in total. The van der Waals surface area contributed by atoms with E-state index in [-0.39, 0.29) is 18.6 Å². The maximum Gasteiger partial charge on any atom is 0.157 e. The fourth-order valence-corrected chi connectivity index (χ4v) is 2.10. The summed E-state index contributed by atoms with van der Waals surface area (Å²) in [4.78, 5) is 2.40. The molecule has 1 fully saturated rings. The molecule has 1 aliphatic heterocycles. The largest absolute Gasteiger partial charge is 0.350 e. The molecule has 0 aromatic rings. The van der Waals surface area contributed by atoms with E-state index in [4.69, 9.17) is 9.47 Å². The maximum absolute atomic E-state index is 5.87. The minimum Gasteiger partial charge on any atom is -0.350 e. The lowest BCUT2D eigenvalue weighted by molar-refractivity contribution is -0.210. The molecule has 0 bridgehead atoms. The minimum atomic E-state index is -0.105. The fourth-order valence-electron chi connectivity index (χ4n) is 2.10. The molecule has 0 aromatic heterocycles. The zero-order valence-electron chi connectivity index (χ0n) is 11.2. The van der Waals surface area contributed by atoms with Crippen LogP contribution in [0.5, 0.6) is 0 Å². The summed E-state index contributed by atoms with van der Waals surface area (Å²) in [6.45, 7) is 10.7. The van der Waals surface area contributed by atoms with E-state index in [0.717, 1.165) is 19.5 Å². The Bertz CT molecular complexity index is 181. The van der Waals surface area contributed by atoms with Crippen LogP contribution in [0, 0.1) is 0 Å². The molecule has 0 aromatic carbocycles. The molecular weight excluding hydrogens is 202 g/mol. The van der Waals surface area contributed by atoms with Crippen LogP contribution in [0.4, 0.5) is 0 Å². The van der Waals surface area contributed by atoms with E-state index in [9.17, 15) is 0 Å². The Morgan fingerprint density at radius 1 is 1.00 bits per heavy atom. The lowest BCUT2D eigenvalue weighted by Gasteiger charge is -2.34. The summed E-state index contributed by atoms with van der Waals surface area (Å²) in [6, 6.07) is 0. The minimum absolute atomic E-state index is 0.105. The highest BCUT2D eigenvalue weighted by molar-refractivity contribution is 4.66. The first kappa shape index (κ1) is 13.9. The number of ether oxygens (including phenoxy) is 2. The van der Waals surface area contributed by atoms with Crippen molar-refractivity contribution in [2.45, 2.75) is 72.0 Å². The number of hydrogen-bond donors (Lipinski definition) is 0. The van der Waals surface area contributed by atoms with Gasteiger partial charge in [-0.05, 0) is 40.0 Å². The van der Waals surface area contributed by atoms with Crippen molar-refractivity contribution in [1.29, 1.82) is 0 Å². The Hall–Kier alpha value is -0.120. The van der Waals surface area contributed by atoms with Crippen LogP contribution >= 0.6 is 0 Å². The molecule has 96 valence electrons. The van der Waals surface area contributed by atoms with Crippen molar-refractivity contribution in [1.82, 2.24) is 4.90 Å². The van der Waals surface area contributed by atoms with Crippen molar-refractivity contribution in [2.75, 3.05) is 13.1 Å². The molecule has 0 N–H and O–H groups in total. The number of piperidine rings is 1. The summed E-state index contributed by atoms with van der Waals surface area (Å²) in [5.74, 6) is 0. The number of hydrogen-bond acceptors (Lipinski definition) is 3. The average molecular weight is 229 g/mol. The van der Waals surface area contributed by atoms with E-state index in [0.29, 0.717) is 0 Å². The van der Waals surface area contributed by atoms with Gasteiger partial charge in [0.25, 0.3) is 0 Å². The molecule has 0 amide bonds. The second-order valence-corrected chi connectivity index (χ2v) is 4.75. The highest BCUT2D eigenvalue weighted by Gasteiger charge is 2.19. The van der Waals surface area contributed by atoms with Crippen LogP contribution in [0.25, 0.3) is 0 Å². The van der Waals surface area contributed by atoms with Crippen LogP contribution in [-0.4, -0.2) is 36.6 Å².